The van der Waals surface area contributed by atoms with Crippen molar-refractivity contribution in [2.75, 3.05) is 24.1 Å². The lowest BCUT2D eigenvalue weighted by Gasteiger charge is -2.22. The summed E-state index contributed by atoms with van der Waals surface area (Å²) in [5.74, 6) is -0.547. The normalized spacial score (nSPS) is 16.3. The van der Waals surface area contributed by atoms with E-state index in [-0.39, 0.29) is 5.56 Å². The number of hydrogen-bond acceptors (Lipinski definition) is 7. The second kappa shape index (κ2) is 6.40. The molecule has 1 fully saturated rings. The van der Waals surface area contributed by atoms with Gasteiger partial charge in [0.15, 0.2) is 0 Å². The molecule has 0 aliphatic carbocycles. The zero-order valence-corrected chi connectivity index (χ0v) is 14.4. The van der Waals surface area contributed by atoms with Gasteiger partial charge in [0, 0.05) is 17.8 Å². The topological polar surface area (TPSA) is 93.2 Å². The Bertz CT molecular complexity index is 896. The highest BCUT2D eigenvalue weighted by Gasteiger charge is 2.34. The number of halogens is 3. The number of hydrogen-bond donors (Lipinski definition) is 3. The molecule has 11 heteroatoms. The number of imidazole rings is 1. The molecule has 4 rings (SSSR count). The third-order valence-corrected chi connectivity index (χ3v) is 5.08. The summed E-state index contributed by atoms with van der Waals surface area (Å²) in [4.78, 5) is 8.61. The van der Waals surface area contributed by atoms with Gasteiger partial charge in [-0.25, -0.2) is 14.5 Å². The first-order valence-corrected chi connectivity index (χ1v) is 8.88. The van der Waals surface area contributed by atoms with Crippen molar-refractivity contribution < 1.29 is 13.2 Å². The number of rotatable bonds is 3. The maximum Gasteiger partial charge on any atom is 0.419 e. The number of alkyl halides is 3. The quantitative estimate of drug-likeness (QED) is 0.644. The summed E-state index contributed by atoms with van der Waals surface area (Å²) in [6.07, 6.45) is 0.349. The largest absolute Gasteiger partial charge is 0.419 e. The van der Waals surface area contributed by atoms with Crippen molar-refractivity contribution in [2.24, 2.45) is 0 Å². The summed E-state index contributed by atoms with van der Waals surface area (Å²) >= 11 is 1.36. The summed E-state index contributed by atoms with van der Waals surface area (Å²) in [6, 6.07) is 1.32. The molecular weight excluding hydrogens is 367 g/mol. The fourth-order valence-corrected chi connectivity index (χ4v) is 3.74. The molecule has 0 spiro atoms. The Balaban J connectivity index is 1.59. The monoisotopic (exact) mass is 383 g/mol. The minimum Gasteiger partial charge on any atom is -0.383 e. The van der Waals surface area contributed by atoms with E-state index in [9.17, 15) is 13.2 Å². The van der Waals surface area contributed by atoms with Gasteiger partial charge in [-0.3, -0.25) is 0 Å². The van der Waals surface area contributed by atoms with Crippen LogP contribution in [0.5, 0.6) is 0 Å². The molecular formula is C15H16F3N7S. The van der Waals surface area contributed by atoms with Gasteiger partial charge in [-0.05, 0) is 32.0 Å². The van der Waals surface area contributed by atoms with E-state index in [1.54, 1.807) is 10.7 Å². The fourth-order valence-electron chi connectivity index (χ4n) is 2.88. The highest BCUT2D eigenvalue weighted by atomic mass is 32.1. The summed E-state index contributed by atoms with van der Waals surface area (Å²) in [5.41, 5.74) is 4.99. The molecule has 1 aliphatic rings. The Morgan fingerprint density at radius 1 is 1.31 bits per heavy atom. The number of fused-ring (bicyclic) bond motifs is 1. The van der Waals surface area contributed by atoms with Gasteiger partial charge in [0.2, 0.25) is 10.1 Å². The van der Waals surface area contributed by atoms with Gasteiger partial charge in [0.25, 0.3) is 0 Å². The number of nitrogens with zero attached hydrogens (tertiary/aromatic N) is 4. The van der Waals surface area contributed by atoms with E-state index in [0.717, 1.165) is 37.1 Å². The average molecular weight is 383 g/mol. The minimum atomic E-state index is -4.56. The molecule has 0 unspecified atom stereocenters. The second-order valence-electron chi connectivity index (χ2n) is 6.08. The van der Waals surface area contributed by atoms with Crippen molar-refractivity contribution in [1.82, 2.24) is 24.9 Å². The number of nitrogens with one attached hydrogen (secondary N) is 2. The molecule has 3 aromatic rings. The molecule has 0 bridgehead atoms. The van der Waals surface area contributed by atoms with Crippen LogP contribution < -0.4 is 16.4 Å². The van der Waals surface area contributed by atoms with Crippen LogP contribution in [0.15, 0.2) is 18.5 Å². The number of anilines is 2. The molecule has 4 N–H and O–H groups in total. The molecule has 0 amide bonds. The van der Waals surface area contributed by atoms with Crippen molar-refractivity contribution in [3.63, 3.8) is 0 Å². The number of nitrogen functional groups attached to an aromatic ring is 1. The second-order valence-corrected chi connectivity index (χ2v) is 7.04. The first-order chi connectivity index (χ1) is 12.4. The molecule has 4 heterocycles. The van der Waals surface area contributed by atoms with Crippen LogP contribution in [0.2, 0.25) is 0 Å². The van der Waals surface area contributed by atoms with Gasteiger partial charge in [-0.1, -0.05) is 11.3 Å². The molecule has 26 heavy (non-hydrogen) atoms. The summed E-state index contributed by atoms with van der Waals surface area (Å²) in [5, 5.41) is 11.8. The van der Waals surface area contributed by atoms with E-state index in [0.29, 0.717) is 16.7 Å². The first-order valence-electron chi connectivity index (χ1n) is 8.07. The molecule has 0 saturated carbocycles. The van der Waals surface area contributed by atoms with Crippen molar-refractivity contribution in [3.8, 4) is 11.3 Å². The molecule has 0 radical (unpaired) electrons. The SMILES string of the molecule is Nc1ncc(-c2cn3nc(NC4CCNCC4)sc3n2)cc1C(F)(F)F. The predicted molar refractivity (Wildman–Crippen MR) is 93.0 cm³/mol. The Labute approximate surface area is 150 Å². The van der Waals surface area contributed by atoms with Crippen LogP contribution in [-0.2, 0) is 6.18 Å². The Morgan fingerprint density at radius 3 is 2.77 bits per heavy atom. The summed E-state index contributed by atoms with van der Waals surface area (Å²) < 4.78 is 40.5. The number of piperidine rings is 1. The van der Waals surface area contributed by atoms with Crippen molar-refractivity contribution >= 4 is 27.2 Å². The maximum atomic E-state index is 13.0. The Kier molecular flexibility index (Phi) is 4.19. The molecule has 1 aliphatic heterocycles. The van der Waals surface area contributed by atoms with E-state index >= 15 is 0 Å². The van der Waals surface area contributed by atoms with Crippen LogP contribution in [0.1, 0.15) is 18.4 Å². The maximum absolute atomic E-state index is 13.0. The first kappa shape index (κ1) is 17.0. The molecule has 3 aromatic heterocycles. The van der Waals surface area contributed by atoms with Crippen molar-refractivity contribution in [3.05, 3.63) is 24.0 Å². The zero-order valence-electron chi connectivity index (χ0n) is 13.5. The van der Waals surface area contributed by atoms with Crippen LogP contribution >= 0.6 is 11.3 Å². The summed E-state index contributed by atoms with van der Waals surface area (Å²) in [7, 11) is 0. The Morgan fingerprint density at radius 2 is 2.08 bits per heavy atom. The zero-order chi connectivity index (χ0) is 18.3. The van der Waals surface area contributed by atoms with E-state index in [1.165, 1.54) is 17.5 Å². The van der Waals surface area contributed by atoms with Gasteiger partial charge in [-0.15, -0.1) is 5.10 Å². The van der Waals surface area contributed by atoms with E-state index < -0.39 is 17.6 Å². The predicted octanol–water partition coefficient (Wildman–Crippen LogP) is 2.62. The van der Waals surface area contributed by atoms with Crippen LogP contribution in [0.3, 0.4) is 0 Å². The lowest BCUT2D eigenvalue weighted by atomic mass is 10.1. The van der Waals surface area contributed by atoms with Crippen LogP contribution in [0.4, 0.5) is 24.1 Å². The third kappa shape index (κ3) is 3.31. The van der Waals surface area contributed by atoms with Crippen molar-refractivity contribution in [2.45, 2.75) is 25.1 Å². The van der Waals surface area contributed by atoms with Crippen LogP contribution in [-0.4, -0.2) is 38.7 Å². The molecule has 0 aromatic carbocycles. The highest BCUT2D eigenvalue weighted by Crippen LogP contribution is 2.35. The average Bonchev–Trinajstić information content (AvgIpc) is 3.13. The number of nitrogens with two attached hydrogens (primary N) is 1. The van der Waals surface area contributed by atoms with Gasteiger partial charge in [0.1, 0.15) is 5.82 Å². The number of pyridine rings is 1. The van der Waals surface area contributed by atoms with Crippen LogP contribution in [0, 0.1) is 0 Å². The minimum absolute atomic E-state index is 0.247. The van der Waals surface area contributed by atoms with E-state index in [1.807, 2.05) is 0 Å². The van der Waals surface area contributed by atoms with Crippen molar-refractivity contribution in [1.29, 1.82) is 0 Å². The van der Waals surface area contributed by atoms with Crippen LogP contribution in [0.25, 0.3) is 16.2 Å². The lowest BCUT2D eigenvalue weighted by Crippen LogP contribution is -2.35. The fraction of sp³-hybridized carbons (Fsp3) is 0.400. The smallest absolute Gasteiger partial charge is 0.383 e. The standard InChI is InChI=1S/C15H16F3N7S/c16-15(17,18)10-5-8(6-21-12(10)19)11-7-25-14(23-11)26-13(24-25)22-9-1-3-20-4-2-9/h5-7,9,20H,1-4H2,(H2,19,21)(H,22,24). The molecule has 7 nitrogen and oxygen atoms in total. The van der Waals surface area contributed by atoms with E-state index in [4.69, 9.17) is 5.73 Å². The van der Waals surface area contributed by atoms with Gasteiger partial charge in [0.05, 0.1) is 17.5 Å². The molecule has 0 atom stereocenters. The summed E-state index contributed by atoms with van der Waals surface area (Å²) in [6.45, 7) is 1.94. The number of aromatic nitrogens is 4. The lowest BCUT2D eigenvalue weighted by molar-refractivity contribution is -0.137. The van der Waals surface area contributed by atoms with Gasteiger partial charge >= 0.3 is 6.18 Å². The molecule has 138 valence electrons. The van der Waals surface area contributed by atoms with E-state index in [2.05, 4.69) is 25.7 Å². The molecule has 1 saturated heterocycles. The van der Waals surface area contributed by atoms with Gasteiger partial charge < -0.3 is 16.4 Å². The highest BCUT2D eigenvalue weighted by molar-refractivity contribution is 7.20. The Hall–Kier alpha value is -2.40. The third-order valence-electron chi connectivity index (χ3n) is 4.23. The van der Waals surface area contributed by atoms with Gasteiger partial charge in [-0.2, -0.15) is 13.2 Å².